The third kappa shape index (κ3) is 14.5. The number of hydrogen-bond donors (Lipinski definition) is 0. The maximum atomic E-state index is 10.6. The van der Waals surface area contributed by atoms with Crippen LogP contribution < -0.4 is 0 Å². The molecule has 132 valence electrons. The minimum absolute atomic E-state index is 0.0194. The Kier molecular flexibility index (Phi) is 11.0. The minimum atomic E-state index is -0.0715. The summed E-state index contributed by atoms with van der Waals surface area (Å²) in [4.78, 5) is 10.6. The smallest absolute Gasteiger partial charge is 0.122 e. The van der Waals surface area contributed by atoms with Crippen LogP contribution in [-0.4, -0.2) is 30.7 Å². The largest absolute Gasteiger partial charge is 0.376 e. The highest BCUT2D eigenvalue weighted by molar-refractivity contribution is 5.52. The Morgan fingerprint density at radius 3 is 1.91 bits per heavy atom. The molecule has 3 heteroatoms. The van der Waals surface area contributed by atoms with E-state index >= 15 is 0 Å². The molecule has 0 fully saturated rings. The van der Waals surface area contributed by atoms with Crippen LogP contribution in [-0.2, 0) is 14.3 Å². The average molecular weight is 315 g/mol. The van der Waals surface area contributed by atoms with Crippen LogP contribution in [0.2, 0.25) is 0 Å². The molecule has 0 rings (SSSR count). The number of hydrogen-bond acceptors (Lipinski definition) is 3. The molecule has 22 heavy (non-hydrogen) atoms. The monoisotopic (exact) mass is 314 g/mol. The van der Waals surface area contributed by atoms with Crippen molar-refractivity contribution in [2.24, 2.45) is 5.92 Å². The zero-order chi connectivity index (χ0) is 17.1. The van der Waals surface area contributed by atoms with Gasteiger partial charge in [0.2, 0.25) is 0 Å². The lowest BCUT2D eigenvalue weighted by atomic mass is 9.97. The topological polar surface area (TPSA) is 35.5 Å². The van der Waals surface area contributed by atoms with Gasteiger partial charge in [-0.3, -0.25) is 0 Å². The van der Waals surface area contributed by atoms with E-state index in [4.69, 9.17) is 9.47 Å². The number of unbranched alkanes of at least 4 members (excludes halogenated alkanes) is 3. The van der Waals surface area contributed by atoms with Crippen LogP contribution >= 0.6 is 0 Å². The molecule has 0 bridgehead atoms. The summed E-state index contributed by atoms with van der Waals surface area (Å²) in [5.74, 6) is 0.172. The van der Waals surface area contributed by atoms with Crippen molar-refractivity contribution in [1.82, 2.24) is 0 Å². The Balaban J connectivity index is 3.50. The van der Waals surface area contributed by atoms with Gasteiger partial charge in [0.25, 0.3) is 0 Å². The fourth-order valence-electron chi connectivity index (χ4n) is 2.27. The normalized spacial score (nSPS) is 14.1. The fourth-order valence-corrected chi connectivity index (χ4v) is 2.27. The summed E-state index contributed by atoms with van der Waals surface area (Å²) < 4.78 is 11.7. The first-order chi connectivity index (χ1) is 10.2. The summed E-state index contributed by atoms with van der Waals surface area (Å²) in [5, 5.41) is 0. The van der Waals surface area contributed by atoms with E-state index in [1.165, 1.54) is 12.8 Å². The molecule has 0 amide bonds. The van der Waals surface area contributed by atoms with Crippen molar-refractivity contribution in [2.75, 3.05) is 13.2 Å². The van der Waals surface area contributed by atoms with Gasteiger partial charge in [-0.25, -0.2) is 0 Å². The lowest BCUT2D eigenvalue weighted by Gasteiger charge is -2.25. The molecule has 3 nitrogen and oxygen atoms in total. The van der Waals surface area contributed by atoms with Gasteiger partial charge >= 0.3 is 0 Å². The van der Waals surface area contributed by atoms with Gasteiger partial charge in [-0.15, -0.1) is 0 Å². The predicted molar refractivity (Wildman–Crippen MR) is 93.3 cm³/mol. The van der Waals surface area contributed by atoms with Crippen molar-refractivity contribution in [3.05, 3.63) is 0 Å². The first-order valence-electron chi connectivity index (χ1n) is 8.89. The van der Waals surface area contributed by atoms with E-state index in [0.717, 1.165) is 51.6 Å². The number of rotatable bonds is 13. The first kappa shape index (κ1) is 21.6. The zero-order valence-electron chi connectivity index (χ0n) is 15.7. The predicted octanol–water partition coefficient (Wildman–Crippen LogP) is 5.16. The third-order valence-corrected chi connectivity index (χ3v) is 3.74. The second-order valence-corrected chi connectivity index (χ2v) is 7.99. The van der Waals surface area contributed by atoms with Gasteiger partial charge in [-0.2, -0.15) is 0 Å². The van der Waals surface area contributed by atoms with Gasteiger partial charge < -0.3 is 14.3 Å². The van der Waals surface area contributed by atoms with Gasteiger partial charge in [-0.05, 0) is 66.7 Å². The Morgan fingerprint density at radius 1 is 0.864 bits per heavy atom. The van der Waals surface area contributed by atoms with E-state index in [1.807, 2.05) is 6.92 Å². The maximum absolute atomic E-state index is 10.6. The molecule has 0 N–H and O–H groups in total. The Bertz CT molecular complexity index is 279. The van der Waals surface area contributed by atoms with Crippen molar-refractivity contribution in [3.63, 3.8) is 0 Å². The highest BCUT2D eigenvalue weighted by Crippen LogP contribution is 2.20. The highest BCUT2D eigenvalue weighted by atomic mass is 16.5. The molecular weight excluding hydrogens is 276 g/mol. The van der Waals surface area contributed by atoms with Gasteiger partial charge in [0.1, 0.15) is 6.29 Å². The molecule has 0 aromatic rings. The molecule has 0 spiro atoms. The van der Waals surface area contributed by atoms with Gasteiger partial charge in [0.15, 0.2) is 0 Å². The van der Waals surface area contributed by atoms with Crippen molar-refractivity contribution in [1.29, 1.82) is 0 Å². The maximum Gasteiger partial charge on any atom is 0.122 e. The van der Waals surface area contributed by atoms with Crippen LogP contribution in [0.3, 0.4) is 0 Å². The Hall–Kier alpha value is -0.410. The van der Waals surface area contributed by atoms with E-state index in [-0.39, 0.29) is 17.1 Å². The summed E-state index contributed by atoms with van der Waals surface area (Å²) in [5.41, 5.74) is -0.0908. The van der Waals surface area contributed by atoms with Crippen LogP contribution in [0.1, 0.15) is 86.5 Å². The van der Waals surface area contributed by atoms with E-state index in [9.17, 15) is 4.79 Å². The van der Waals surface area contributed by atoms with E-state index in [1.54, 1.807) is 0 Å². The van der Waals surface area contributed by atoms with Gasteiger partial charge in [0, 0.05) is 19.1 Å². The molecule has 0 saturated carbocycles. The number of carbonyl (C=O) groups excluding carboxylic acids is 1. The standard InChI is InChI=1S/C19H38O3/c1-17(16-20)12-11-13-19(5,6)22-15-10-8-7-9-14-21-18(2,3)4/h16-17H,7-15H2,1-6H3. The molecular formula is C19H38O3. The number of aldehydes is 1. The summed E-state index contributed by atoms with van der Waals surface area (Å²) in [6.07, 6.45) is 8.72. The second kappa shape index (κ2) is 11.2. The van der Waals surface area contributed by atoms with E-state index in [0.29, 0.717) is 0 Å². The molecule has 0 radical (unpaired) electrons. The van der Waals surface area contributed by atoms with Crippen LogP contribution in [0.4, 0.5) is 0 Å². The molecule has 1 unspecified atom stereocenters. The summed E-state index contributed by atoms with van der Waals surface area (Å²) >= 11 is 0. The van der Waals surface area contributed by atoms with Crippen molar-refractivity contribution in [2.45, 2.75) is 97.7 Å². The average Bonchev–Trinajstić information content (AvgIpc) is 2.40. The first-order valence-corrected chi connectivity index (χ1v) is 8.89. The zero-order valence-corrected chi connectivity index (χ0v) is 15.7. The molecule has 0 aromatic carbocycles. The summed E-state index contributed by atoms with van der Waals surface area (Å²) in [6, 6.07) is 0. The van der Waals surface area contributed by atoms with E-state index < -0.39 is 0 Å². The minimum Gasteiger partial charge on any atom is -0.376 e. The van der Waals surface area contributed by atoms with Crippen molar-refractivity contribution < 1.29 is 14.3 Å². The van der Waals surface area contributed by atoms with Crippen LogP contribution in [0, 0.1) is 5.92 Å². The third-order valence-electron chi connectivity index (χ3n) is 3.74. The molecule has 0 aromatic heterocycles. The highest BCUT2D eigenvalue weighted by Gasteiger charge is 2.18. The SMILES string of the molecule is CC(C=O)CCCC(C)(C)OCCCCCCOC(C)(C)C. The summed E-state index contributed by atoms with van der Waals surface area (Å²) in [6.45, 7) is 14.2. The quantitative estimate of drug-likeness (QED) is 0.348. The van der Waals surface area contributed by atoms with E-state index in [2.05, 4.69) is 34.6 Å². The van der Waals surface area contributed by atoms with Crippen molar-refractivity contribution in [3.8, 4) is 0 Å². The van der Waals surface area contributed by atoms with Gasteiger partial charge in [0.05, 0.1) is 11.2 Å². The molecule has 1 atom stereocenters. The lowest BCUT2D eigenvalue weighted by Crippen LogP contribution is -2.25. The lowest BCUT2D eigenvalue weighted by molar-refractivity contribution is -0.111. The molecule has 0 aliphatic heterocycles. The molecule has 0 aliphatic carbocycles. The summed E-state index contributed by atoms with van der Waals surface area (Å²) in [7, 11) is 0. The number of ether oxygens (including phenoxy) is 2. The Labute approximate surface area is 138 Å². The van der Waals surface area contributed by atoms with Crippen LogP contribution in [0.25, 0.3) is 0 Å². The van der Waals surface area contributed by atoms with Crippen LogP contribution in [0.15, 0.2) is 0 Å². The fraction of sp³-hybridized carbons (Fsp3) is 0.947. The molecule has 0 saturated heterocycles. The Morgan fingerprint density at radius 2 is 1.41 bits per heavy atom. The molecule has 0 aliphatic rings. The second-order valence-electron chi connectivity index (χ2n) is 7.99. The van der Waals surface area contributed by atoms with Crippen LogP contribution in [0.5, 0.6) is 0 Å². The van der Waals surface area contributed by atoms with Crippen molar-refractivity contribution >= 4 is 6.29 Å². The van der Waals surface area contributed by atoms with Gasteiger partial charge in [-0.1, -0.05) is 19.8 Å². The molecule has 0 heterocycles. The number of carbonyl (C=O) groups is 1.